The lowest BCUT2D eigenvalue weighted by Crippen LogP contribution is -2.16. The summed E-state index contributed by atoms with van der Waals surface area (Å²) in [4.78, 5) is 0. The van der Waals surface area contributed by atoms with Gasteiger partial charge in [-0.3, -0.25) is 0 Å². The van der Waals surface area contributed by atoms with Crippen LogP contribution in [0, 0.1) is 12.8 Å². The van der Waals surface area contributed by atoms with Crippen LogP contribution in [0.2, 0.25) is 0 Å². The van der Waals surface area contributed by atoms with Gasteiger partial charge in [0.15, 0.2) is 5.82 Å². The Morgan fingerprint density at radius 1 is 1.32 bits per heavy atom. The molecule has 5 heteroatoms. The maximum Gasteiger partial charge on any atom is 0.184 e. The molecular weight excluding hydrogens is 238 g/mol. The standard InChI is InChI=1S/C14H21N5/c1-5-9(2)11(4)19-14(16-17-18-19)12-8-6-7-10(3)13(12)15/h6-9,11H,5,15H2,1-4H3. The monoisotopic (exact) mass is 259 g/mol. The Morgan fingerprint density at radius 3 is 2.74 bits per heavy atom. The normalized spacial score (nSPS) is 14.3. The zero-order valence-corrected chi connectivity index (χ0v) is 12.0. The second-order valence-electron chi connectivity index (χ2n) is 5.11. The van der Waals surface area contributed by atoms with Crippen LogP contribution in [0.5, 0.6) is 0 Å². The number of aromatic nitrogens is 4. The van der Waals surface area contributed by atoms with Gasteiger partial charge in [-0.25, -0.2) is 4.68 Å². The highest BCUT2D eigenvalue weighted by Gasteiger charge is 2.20. The molecule has 0 bridgehead atoms. The quantitative estimate of drug-likeness (QED) is 0.857. The van der Waals surface area contributed by atoms with Crippen molar-refractivity contribution in [3.8, 4) is 11.4 Å². The summed E-state index contributed by atoms with van der Waals surface area (Å²) in [5.74, 6) is 1.25. The van der Waals surface area contributed by atoms with Crippen molar-refractivity contribution in [2.45, 2.75) is 40.2 Å². The predicted molar refractivity (Wildman–Crippen MR) is 76.6 cm³/mol. The minimum atomic E-state index is 0.245. The van der Waals surface area contributed by atoms with Crippen molar-refractivity contribution in [3.05, 3.63) is 23.8 Å². The molecule has 2 atom stereocenters. The number of nitrogens with two attached hydrogens (primary N) is 1. The summed E-state index contributed by atoms with van der Waals surface area (Å²) in [6.07, 6.45) is 1.09. The van der Waals surface area contributed by atoms with Crippen molar-refractivity contribution in [2.75, 3.05) is 5.73 Å². The molecule has 19 heavy (non-hydrogen) atoms. The third-order valence-electron chi connectivity index (χ3n) is 3.91. The molecule has 1 aromatic heterocycles. The number of hydrogen-bond donors (Lipinski definition) is 1. The molecule has 2 unspecified atom stereocenters. The van der Waals surface area contributed by atoms with Gasteiger partial charge >= 0.3 is 0 Å². The van der Waals surface area contributed by atoms with Crippen LogP contribution in [-0.4, -0.2) is 20.2 Å². The first-order valence-corrected chi connectivity index (χ1v) is 6.69. The molecule has 0 aliphatic rings. The molecule has 2 rings (SSSR count). The van der Waals surface area contributed by atoms with E-state index >= 15 is 0 Å². The highest BCUT2D eigenvalue weighted by atomic mass is 15.5. The molecular formula is C14H21N5. The molecule has 0 saturated carbocycles. The van der Waals surface area contributed by atoms with Gasteiger partial charge in [0.05, 0.1) is 6.04 Å². The number of aryl methyl sites for hydroxylation is 1. The Balaban J connectivity index is 2.47. The van der Waals surface area contributed by atoms with E-state index in [0.29, 0.717) is 5.92 Å². The van der Waals surface area contributed by atoms with Gasteiger partial charge in [-0.1, -0.05) is 32.4 Å². The Morgan fingerprint density at radius 2 is 2.05 bits per heavy atom. The summed E-state index contributed by atoms with van der Waals surface area (Å²) in [5.41, 5.74) is 8.84. The SMILES string of the molecule is CCC(C)C(C)n1nnnc1-c1cccc(C)c1N. The molecule has 1 aromatic carbocycles. The van der Waals surface area contributed by atoms with Gasteiger partial charge in [0.25, 0.3) is 0 Å². The largest absolute Gasteiger partial charge is 0.398 e. The first-order chi connectivity index (χ1) is 9.06. The van der Waals surface area contributed by atoms with Gasteiger partial charge in [-0.2, -0.15) is 0 Å². The summed E-state index contributed by atoms with van der Waals surface area (Å²) in [6, 6.07) is 6.18. The lowest BCUT2D eigenvalue weighted by molar-refractivity contribution is 0.340. The molecule has 0 saturated heterocycles. The molecule has 0 amide bonds. The number of nitrogens with zero attached hydrogens (tertiary/aromatic N) is 4. The summed E-state index contributed by atoms with van der Waals surface area (Å²) in [6.45, 7) is 8.51. The highest BCUT2D eigenvalue weighted by Crippen LogP contribution is 2.29. The number of para-hydroxylation sites is 1. The van der Waals surface area contributed by atoms with E-state index in [9.17, 15) is 0 Å². The third kappa shape index (κ3) is 2.45. The van der Waals surface area contributed by atoms with Crippen LogP contribution in [0.1, 0.15) is 38.8 Å². The topological polar surface area (TPSA) is 69.6 Å². The molecule has 0 aliphatic heterocycles. The number of anilines is 1. The fourth-order valence-corrected chi connectivity index (χ4v) is 2.10. The molecule has 0 spiro atoms. The van der Waals surface area contributed by atoms with Crippen molar-refractivity contribution in [2.24, 2.45) is 5.92 Å². The fraction of sp³-hybridized carbons (Fsp3) is 0.500. The molecule has 5 nitrogen and oxygen atoms in total. The van der Waals surface area contributed by atoms with E-state index < -0.39 is 0 Å². The summed E-state index contributed by atoms with van der Waals surface area (Å²) < 4.78 is 1.87. The maximum absolute atomic E-state index is 6.14. The van der Waals surface area contributed by atoms with Crippen LogP contribution in [0.15, 0.2) is 18.2 Å². The van der Waals surface area contributed by atoms with Crippen molar-refractivity contribution < 1.29 is 0 Å². The Bertz CT molecular complexity index is 561. The number of nitrogen functional groups attached to an aromatic ring is 1. The second-order valence-corrected chi connectivity index (χ2v) is 5.11. The third-order valence-corrected chi connectivity index (χ3v) is 3.91. The van der Waals surface area contributed by atoms with Crippen molar-refractivity contribution in [1.82, 2.24) is 20.2 Å². The highest BCUT2D eigenvalue weighted by molar-refractivity contribution is 5.74. The Labute approximate surface area is 113 Å². The van der Waals surface area contributed by atoms with E-state index in [2.05, 4.69) is 36.3 Å². The minimum absolute atomic E-state index is 0.245. The molecule has 0 fully saturated rings. The minimum Gasteiger partial charge on any atom is -0.398 e. The van der Waals surface area contributed by atoms with Crippen LogP contribution < -0.4 is 5.73 Å². The average molecular weight is 259 g/mol. The summed E-state index contributed by atoms with van der Waals surface area (Å²) >= 11 is 0. The summed E-state index contributed by atoms with van der Waals surface area (Å²) in [5, 5.41) is 12.1. The molecule has 1 heterocycles. The zero-order chi connectivity index (χ0) is 14.0. The molecule has 2 aromatic rings. The van der Waals surface area contributed by atoms with E-state index in [0.717, 1.165) is 29.1 Å². The first-order valence-electron chi connectivity index (χ1n) is 6.69. The van der Waals surface area contributed by atoms with Gasteiger partial charge in [-0.15, -0.1) is 5.10 Å². The van der Waals surface area contributed by atoms with Crippen LogP contribution in [0.25, 0.3) is 11.4 Å². The molecule has 102 valence electrons. The van der Waals surface area contributed by atoms with Crippen molar-refractivity contribution in [3.63, 3.8) is 0 Å². The Kier molecular flexibility index (Phi) is 3.83. The van der Waals surface area contributed by atoms with Gasteiger partial charge in [-0.05, 0) is 41.8 Å². The van der Waals surface area contributed by atoms with E-state index in [1.807, 2.05) is 29.8 Å². The van der Waals surface area contributed by atoms with Crippen molar-refractivity contribution >= 4 is 5.69 Å². The molecule has 0 aliphatic carbocycles. The smallest absolute Gasteiger partial charge is 0.184 e. The van der Waals surface area contributed by atoms with Crippen LogP contribution in [-0.2, 0) is 0 Å². The lowest BCUT2D eigenvalue weighted by atomic mass is 10.0. The molecule has 0 radical (unpaired) electrons. The van der Waals surface area contributed by atoms with Crippen LogP contribution in [0.4, 0.5) is 5.69 Å². The number of rotatable bonds is 4. The predicted octanol–water partition coefficient (Wildman–Crippen LogP) is 2.84. The van der Waals surface area contributed by atoms with Gasteiger partial charge < -0.3 is 5.73 Å². The van der Waals surface area contributed by atoms with E-state index in [1.165, 1.54) is 0 Å². The van der Waals surface area contributed by atoms with E-state index in [1.54, 1.807) is 0 Å². The number of benzene rings is 1. The fourth-order valence-electron chi connectivity index (χ4n) is 2.10. The lowest BCUT2D eigenvalue weighted by Gasteiger charge is -2.20. The summed E-state index contributed by atoms with van der Waals surface area (Å²) in [7, 11) is 0. The van der Waals surface area contributed by atoms with Gasteiger partial charge in [0, 0.05) is 11.3 Å². The van der Waals surface area contributed by atoms with Crippen LogP contribution in [0.3, 0.4) is 0 Å². The number of hydrogen-bond acceptors (Lipinski definition) is 4. The van der Waals surface area contributed by atoms with E-state index in [-0.39, 0.29) is 6.04 Å². The van der Waals surface area contributed by atoms with Gasteiger partial charge in [0.1, 0.15) is 0 Å². The van der Waals surface area contributed by atoms with Crippen molar-refractivity contribution in [1.29, 1.82) is 0 Å². The van der Waals surface area contributed by atoms with Gasteiger partial charge in [0.2, 0.25) is 0 Å². The zero-order valence-electron chi connectivity index (χ0n) is 12.0. The average Bonchev–Trinajstić information content (AvgIpc) is 2.89. The first kappa shape index (κ1) is 13.5. The molecule has 2 N–H and O–H groups in total. The van der Waals surface area contributed by atoms with Crippen LogP contribution >= 0.6 is 0 Å². The Hall–Kier alpha value is -1.91. The number of tetrazole rings is 1. The van der Waals surface area contributed by atoms with E-state index in [4.69, 9.17) is 5.73 Å². The maximum atomic E-state index is 6.14. The second kappa shape index (κ2) is 5.38.